The van der Waals surface area contributed by atoms with Crippen LogP contribution < -0.4 is 20.1 Å². The molecular weight excluding hydrogens is 400 g/mol. The van der Waals surface area contributed by atoms with Crippen LogP contribution in [0.3, 0.4) is 0 Å². The number of hydrogen-bond acceptors (Lipinski definition) is 4. The number of nitrogens with one attached hydrogen (secondary N) is 2. The van der Waals surface area contributed by atoms with Gasteiger partial charge in [-0.25, -0.2) is 0 Å². The Balaban J connectivity index is 1.61. The highest BCUT2D eigenvalue weighted by Gasteiger charge is 2.07. The molecule has 2 amide bonds. The van der Waals surface area contributed by atoms with Crippen LogP contribution in [0.2, 0.25) is 0 Å². The molecule has 2 aromatic carbocycles. The lowest BCUT2D eigenvalue weighted by Crippen LogP contribution is -2.32. The van der Waals surface area contributed by atoms with Crippen molar-refractivity contribution in [1.29, 1.82) is 0 Å². The molecule has 6 nitrogen and oxygen atoms in total. The molecule has 2 rings (SSSR count). The lowest BCUT2D eigenvalue weighted by molar-refractivity contribution is -0.121. The largest absolute Gasteiger partial charge is 0.493 e. The van der Waals surface area contributed by atoms with Crippen LogP contribution >= 0.6 is 15.9 Å². The molecule has 2 N–H and O–H groups in total. The molecule has 26 heavy (non-hydrogen) atoms. The van der Waals surface area contributed by atoms with Crippen LogP contribution in [0.1, 0.15) is 16.8 Å². The average molecular weight is 421 g/mol. The van der Waals surface area contributed by atoms with E-state index >= 15 is 0 Å². The highest BCUT2D eigenvalue weighted by atomic mass is 79.9. The van der Waals surface area contributed by atoms with Crippen LogP contribution in [0.5, 0.6) is 11.5 Å². The molecule has 0 aliphatic rings. The second-order valence-electron chi connectivity index (χ2n) is 5.36. The van der Waals surface area contributed by atoms with Gasteiger partial charge >= 0.3 is 0 Å². The zero-order valence-electron chi connectivity index (χ0n) is 14.5. The van der Waals surface area contributed by atoms with Crippen LogP contribution in [-0.4, -0.2) is 38.6 Å². The molecule has 0 atom stereocenters. The Morgan fingerprint density at radius 3 is 2.35 bits per heavy atom. The number of hydrogen-bond donors (Lipinski definition) is 2. The number of halogens is 1. The summed E-state index contributed by atoms with van der Waals surface area (Å²) in [6.07, 6.45) is 0.205. The van der Waals surface area contributed by atoms with Gasteiger partial charge in [0.05, 0.1) is 13.7 Å². The van der Waals surface area contributed by atoms with Crippen molar-refractivity contribution in [3.63, 3.8) is 0 Å². The van der Waals surface area contributed by atoms with Crippen LogP contribution in [0.15, 0.2) is 53.0 Å². The van der Waals surface area contributed by atoms with Gasteiger partial charge in [-0.15, -0.1) is 0 Å². The van der Waals surface area contributed by atoms with Crippen molar-refractivity contribution < 1.29 is 19.1 Å². The molecule has 0 saturated carbocycles. The van der Waals surface area contributed by atoms with Gasteiger partial charge in [0, 0.05) is 23.0 Å². The molecule has 0 spiro atoms. The third kappa shape index (κ3) is 6.40. The summed E-state index contributed by atoms with van der Waals surface area (Å²) in [6, 6.07) is 14.3. The summed E-state index contributed by atoms with van der Waals surface area (Å²) in [5, 5.41) is 5.47. The van der Waals surface area contributed by atoms with Gasteiger partial charge in [-0.05, 0) is 36.4 Å². The Kier molecular flexibility index (Phi) is 7.95. The second-order valence-corrected chi connectivity index (χ2v) is 6.28. The Labute approximate surface area is 161 Å². The number of methoxy groups -OCH3 is 1. The molecule has 0 aliphatic heterocycles. The first kappa shape index (κ1) is 19.8. The van der Waals surface area contributed by atoms with E-state index in [9.17, 15) is 9.59 Å². The van der Waals surface area contributed by atoms with Crippen molar-refractivity contribution in [2.75, 3.05) is 26.8 Å². The van der Waals surface area contributed by atoms with Gasteiger partial charge in [-0.3, -0.25) is 9.59 Å². The third-order valence-corrected chi connectivity index (χ3v) is 4.02. The number of carbonyl (C=O) groups excluding carboxylic acids is 2. The number of para-hydroxylation sites is 2. The molecule has 138 valence electrons. The lowest BCUT2D eigenvalue weighted by atomic mass is 10.2. The second kappa shape index (κ2) is 10.5. The van der Waals surface area contributed by atoms with E-state index in [2.05, 4.69) is 26.6 Å². The van der Waals surface area contributed by atoms with Crippen LogP contribution in [0.4, 0.5) is 0 Å². The molecule has 0 unspecified atom stereocenters. The minimum absolute atomic E-state index is 0.148. The minimum Gasteiger partial charge on any atom is -0.493 e. The topological polar surface area (TPSA) is 76.7 Å². The van der Waals surface area contributed by atoms with Crippen molar-refractivity contribution in [3.05, 3.63) is 58.6 Å². The molecule has 2 aromatic rings. The van der Waals surface area contributed by atoms with E-state index in [-0.39, 0.29) is 24.8 Å². The van der Waals surface area contributed by atoms with E-state index in [1.165, 1.54) is 0 Å². The summed E-state index contributed by atoms with van der Waals surface area (Å²) in [4.78, 5) is 23.7. The monoisotopic (exact) mass is 420 g/mol. The van der Waals surface area contributed by atoms with Crippen LogP contribution in [0, 0.1) is 0 Å². The van der Waals surface area contributed by atoms with Gasteiger partial charge in [0.1, 0.15) is 6.61 Å². The minimum atomic E-state index is -0.204. The van der Waals surface area contributed by atoms with Gasteiger partial charge in [-0.1, -0.05) is 28.1 Å². The number of carbonyl (C=O) groups is 2. The molecule has 7 heteroatoms. The Hall–Kier alpha value is -2.54. The van der Waals surface area contributed by atoms with Gasteiger partial charge < -0.3 is 20.1 Å². The molecule has 0 bridgehead atoms. The highest BCUT2D eigenvalue weighted by Crippen LogP contribution is 2.25. The Morgan fingerprint density at radius 2 is 1.65 bits per heavy atom. The molecule has 0 radical (unpaired) electrons. The molecule has 0 aliphatic carbocycles. The zero-order chi connectivity index (χ0) is 18.8. The average Bonchev–Trinajstić information content (AvgIpc) is 2.66. The first-order chi connectivity index (χ1) is 12.6. The molecule has 0 fully saturated rings. The maximum atomic E-state index is 11.9. The predicted octanol–water partition coefficient (Wildman–Crippen LogP) is 2.77. The van der Waals surface area contributed by atoms with Crippen LogP contribution in [-0.2, 0) is 4.79 Å². The first-order valence-electron chi connectivity index (χ1n) is 8.16. The predicted molar refractivity (Wildman–Crippen MR) is 103 cm³/mol. The number of ether oxygens (including phenoxy) is 2. The van der Waals surface area contributed by atoms with Gasteiger partial charge in [0.2, 0.25) is 5.91 Å². The number of benzene rings is 2. The van der Waals surface area contributed by atoms with Gasteiger partial charge in [0.25, 0.3) is 5.91 Å². The van der Waals surface area contributed by atoms with Gasteiger partial charge in [-0.2, -0.15) is 0 Å². The fourth-order valence-electron chi connectivity index (χ4n) is 2.17. The fraction of sp³-hybridized carbons (Fsp3) is 0.263. The maximum absolute atomic E-state index is 11.9. The van der Waals surface area contributed by atoms with Crippen LogP contribution in [0.25, 0.3) is 0 Å². The van der Waals surface area contributed by atoms with E-state index < -0.39 is 0 Å². The van der Waals surface area contributed by atoms with E-state index in [0.717, 1.165) is 4.47 Å². The van der Waals surface area contributed by atoms with Crippen molar-refractivity contribution >= 4 is 27.7 Å². The van der Waals surface area contributed by atoms with Crippen molar-refractivity contribution in [1.82, 2.24) is 10.6 Å². The Morgan fingerprint density at radius 1 is 0.962 bits per heavy atom. The molecule has 0 saturated heterocycles. The lowest BCUT2D eigenvalue weighted by Gasteiger charge is -2.11. The summed E-state index contributed by atoms with van der Waals surface area (Å²) < 4.78 is 11.7. The summed E-state index contributed by atoms with van der Waals surface area (Å²) in [6.45, 7) is 0.975. The van der Waals surface area contributed by atoms with Crippen molar-refractivity contribution in [3.8, 4) is 11.5 Å². The smallest absolute Gasteiger partial charge is 0.251 e. The number of rotatable bonds is 9. The van der Waals surface area contributed by atoms with Gasteiger partial charge in [0.15, 0.2) is 11.5 Å². The molecular formula is C19H21BrN2O4. The molecule has 0 heterocycles. The highest BCUT2D eigenvalue weighted by molar-refractivity contribution is 9.10. The summed E-state index contributed by atoms with van der Waals surface area (Å²) in [5.41, 5.74) is 0.554. The van der Waals surface area contributed by atoms with E-state index in [1.54, 1.807) is 37.4 Å². The first-order valence-corrected chi connectivity index (χ1v) is 8.95. The fourth-order valence-corrected chi connectivity index (χ4v) is 2.44. The normalized spacial score (nSPS) is 10.1. The van der Waals surface area contributed by atoms with Crippen molar-refractivity contribution in [2.45, 2.75) is 6.42 Å². The summed E-state index contributed by atoms with van der Waals surface area (Å²) in [7, 11) is 1.58. The van der Waals surface area contributed by atoms with Crippen molar-refractivity contribution in [2.24, 2.45) is 0 Å². The standard InChI is InChI=1S/C19H21BrN2O4/c1-25-16-4-2-3-5-17(16)26-13-12-21-18(23)10-11-22-19(24)14-6-8-15(20)9-7-14/h2-9H,10-13H2,1H3,(H,21,23)(H,22,24). The zero-order valence-corrected chi connectivity index (χ0v) is 16.0. The molecule has 0 aromatic heterocycles. The Bertz CT molecular complexity index is 735. The summed E-state index contributed by atoms with van der Waals surface area (Å²) >= 11 is 3.32. The summed E-state index contributed by atoms with van der Waals surface area (Å²) in [5.74, 6) is 0.926. The van der Waals surface area contributed by atoms with E-state index in [4.69, 9.17) is 9.47 Å². The van der Waals surface area contributed by atoms with E-state index in [0.29, 0.717) is 30.2 Å². The SMILES string of the molecule is COc1ccccc1OCCNC(=O)CCNC(=O)c1ccc(Br)cc1. The number of amides is 2. The quantitative estimate of drug-likeness (QED) is 0.611. The van der Waals surface area contributed by atoms with E-state index in [1.807, 2.05) is 18.2 Å². The third-order valence-electron chi connectivity index (χ3n) is 3.49. The maximum Gasteiger partial charge on any atom is 0.251 e.